The van der Waals surface area contributed by atoms with Gasteiger partial charge >= 0.3 is 0 Å². The van der Waals surface area contributed by atoms with Gasteiger partial charge in [-0.3, -0.25) is 19.2 Å². The van der Waals surface area contributed by atoms with Crippen molar-refractivity contribution in [1.82, 2.24) is 10.6 Å². The summed E-state index contributed by atoms with van der Waals surface area (Å²) < 4.78 is 0. The molecule has 2 aromatic rings. The molecule has 4 amide bonds. The molecule has 0 saturated carbocycles. The summed E-state index contributed by atoms with van der Waals surface area (Å²) in [6.45, 7) is 0. The van der Waals surface area contributed by atoms with E-state index in [2.05, 4.69) is 21.3 Å². The van der Waals surface area contributed by atoms with Crippen LogP contribution in [0.25, 0.3) is 0 Å². The van der Waals surface area contributed by atoms with Gasteiger partial charge in [-0.05, 0) is 36.4 Å². The van der Waals surface area contributed by atoms with E-state index < -0.39 is 0 Å². The monoisotopic (exact) mass is 382 g/mol. The van der Waals surface area contributed by atoms with Crippen molar-refractivity contribution >= 4 is 35.0 Å². The number of hydrogen-bond acceptors (Lipinski definition) is 4. The molecule has 0 bridgehead atoms. The van der Waals surface area contributed by atoms with Crippen molar-refractivity contribution < 1.29 is 19.2 Å². The molecule has 0 spiro atoms. The Kier molecular flexibility index (Phi) is 7.27. The Morgan fingerprint density at radius 1 is 0.679 bits per heavy atom. The zero-order valence-electron chi connectivity index (χ0n) is 15.7. The van der Waals surface area contributed by atoms with Gasteiger partial charge in [0, 0.05) is 49.4 Å². The van der Waals surface area contributed by atoms with Crippen molar-refractivity contribution in [2.45, 2.75) is 12.8 Å². The molecule has 4 N–H and O–H groups in total. The minimum atomic E-state index is -0.344. The molecule has 28 heavy (non-hydrogen) atoms. The maximum atomic E-state index is 12.1. The molecule has 2 rings (SSSR count). The molecule has 0 aliphatic heterocycles. The summed E-state index contributed by atoms with van der Waals surface area (Å²) in [5, 5.41) is 10.3. The number of amides is 4. The summed E-state index contributed by atoms with van der Waals surface area (Å²) in [6.07, 6.45) is -0.0453. The molecule has 0 heterocycles. The lowest BCUT2D eigenvalue weighted by molar-refractivity contribution is -0.121. The first kappa shape index (κ1) is 20.6. The Labute approximate surface area is 162 Å². The van der Waals surface area contributed by atoms with Crippen LogP contribution in [0.1, 0.15) is 33.6 Å². The molecule has 0 radical (unpaired) electrons. The Balaban J connectivity index is 1.87. The number of rotatable bonds is 7. The standard InChI is InChI=1S/C20H22N4O4/c1-21-19(27)13-5-3-7-15(11-13)23-17(25)9-10-18(26)24-16-8-4-6-14(12-16)20(28)22-2/h3-8,11-12H,9-10H2,1-2H3,(H,21,27)(H,22,28)(H,23,25)(H,24,26). The van der Waals surface area contributed by atoms with E-state index in [4.69, 9.17) is 0 Å². The van der Waals surface area contributed by atoms with Gasteiger partial charge in [0.2, 0.25) is 11.8 Å². The zero-order chi connectivity index (χ0) is 20.5. The summed E-state index contributed by atoms with van der Waals surface area (Å²) in [5.74, 6) is -1.20. The van der Waals surface area contributed by atoms with Crippen LogP contribution in [0.15, 0.2) is 48.5 Å². The van der Waals surface area contributed by atoms with Crippen LogP contribution in [0, 0.1) is 0 Å². The predicted octanol–water partition coefficient (Wildman–Crippen LogP) is 1.76. The van der Waals surface area contributed by atoms with Crippen LogP contribution in [0.4, 0.5) is 11.4 Å². The number of anilines is 2. The first-order valence-electron chi connectivity index (χ1n) is 8.67. The molecule has 0 atom stereocenters. The maximum Gasteiger partial charge on any atom is 0.251 e. The number of carbonyl (C=O) groups is 4. The fourth-order valence-electron chi connectivity index (χ4n) is 2.44. The largest absolute Gasteiger partial charge is 0.355 e. The Morgan fingerprint density at radius 3 is 1.43 bits per heavy atom. The Morgan fingerprint density at radius 2 is 1.07 bits per heavy atom. The number of hydrogen-bond donors (Lipinski definition) is 4. The third-order valence-corrected chi connectivity index (χ3v) is 3.85. The van der Waals surface area contributed by atoms with E-state index in [1.165, 1.54) is 14.1 Å². The van der Waals surface area contributed by atoms with Crippen LogP contribution < -0.4 is 21.3 Å². The van der Waals surface area contributed by atoms with E-state index >= 15 is 0 Å². The highest BCUT2D eigenvalue weighted by atomic mass is 16.2. The highest BCUT2D eigenvalue weighted by Crippen LogP contribution is 2.13. The molecule has 0 saturated heterocycles. The summed E-state index contributed by atoms with van der Waals surface area (Å²) in [5.41, 5.74) is 1.80. The molecular weight excluding hydrogens is 360 g/mol. The molecule has 146 valence electrons. The van der Waals surface area contributed by atoms with Gasteiger partial charge in [0.05, 0.1) is 0 Å². The molecule has 0 aliphatic rings. The van der Waals surface area contributed by atoms with Crippen molar-refractivity contribution in [3.8, 4) is 0 Å². The summed E-state index contributed by atoms with van der Waals surface area (Å²) in [4.78, 5) is 47.4. The Hall–Kier alpha value is -3.68. The lowest BCUT2D eigenvalue weighted by atomic mass is 10.1. The van der Waals surface area contributed by atoms with Gasteiger partial charge in [0.15, 0.2) is 0 Å². The minimum absolute atomic E-state index is 0.0226. The highest BCUT2D eigenvalue weighted by Gasteiger charge is 2.10. The van der Waals surface area contributed by atoms with Crippen LogP contribution in [0.3, 0.4) is 0 Å². The van der Waals surface area contributed by atoms with Gasteiger partial charge in [-0.2, -0.15) is 0 Å². The van der Waals surface area contributed by atoms with E-state index in [1.54, 1.807) is 48.5 Å². The lowest BCUT2D eigenvalue weighted by Crippen LogP contribution is -2.20. The topological polar surface area (TPSA) is 116 Å². The third-order valence-electron chi connectivity index (χ3n) is 3.85. The Bertz CT molecular complexity index is 822. The predicted molar refractivity (Wildman–Crippen MR) is 106 cm³/mol. The zero-order valence-corrected chi connectivity index (χ0v) is 15.7. The lowest BCUT2D eigenvalue weighted by Gasteiger charge is -2.08. The van der Waals surface area contributed by atoms with Crippen molar-refractivity contribution in [2.24, 2.45) is 0 Å². The SMILES string of the molecule is CNC(=O)c1cccc(NC(=O)CCC(=O)Nc2cccc(C(=O)NC)c2)c1. The van der Waals surface area contributed by atoms with E-state index in [0.29, 0.717) is 22.5 Å². The van der Waals surface area contributed by atoms with Gasteiger partial charge in [-0.25, -0.2) is 0 Å². The summed E-state index contributed by atoms with van der Waals surface area (Å²) in [6, 6.07) is 13.0. The third kappa shape index (κ3) is 5.94. The average Bonchev–Trinajstić information content (AvgIpc) is 2.71. The van der Waals surface area contributed by atoms with E-state index in [-0.39, 0.29) is 36.5 Å². The quantitative estimate of drug-likeness (QED) is 0.584. The molecule has 0 fully saturated rings. The van der Waals surface area contributed by atoms with Crippen LogP contribution in [-0.2, 0) is 9.59 Å². The van der Waals surface area contributed by atoms with Crippen LogP contribution in [-0.4, -0.2) is 37.7 Å². The van der Waals surface area contributed by atoms with Crippen molar-refractivity contribution in [3.05, 3.63) is 59.7 Å². The molecule has 8 heteroatoms. The van der Waals surface area contributed by atoms with Crippen molar-refractivity contribution in [2.75, 3.05) is 24.7 Å². The first-order valence-corrected chi connectivity index (χ1v) is 8.67. The van der Waals surface area contributed by atoms with E-state index in [0.717, 1.165) is 0 Å². The number of carbonyl (C=O) groups excluding carboxylic acids is 4. The first-order chi connectivity index (χ1) is 13.4. The molecule has 0 aromatic heterocycles. The fourth-order valence-corrected chi connectivity index (χ4v) is 2.44. The maximum absolute atomic E-state index is 12.1. The van der Waals surface area contributed by atoms with Crippen LogP contribution in [0.2, 0.25) is 0 Å². The normalized spacial score (nSPS) is 9.93. The molecule has 0 unspecified atom stereocenters. The second-order valence-corrected chi connectivity index (χ2v) is 5.92. The van der Waals surface area contributed by atoms with Gasteiger partial charge < -0.3 is 21.3 Å². The molecule has 8 nitrogen and oxygen atoms in total. The van der Waals surface area contributed by atoms with Gasteiger partial charge in [0.1, 0.15) is 0 Å². The number of nitrogens with one attached hydrogen (secondary N) is 4. The fraction of sp³-hybridized carbons (Fsp3) is 0.200. The van der Waals surface area contributed by atoms with Gasteiger partial charge in [-0.1, -0.05) is 12.1 Å². The van der Waals surface area contributed by atoms with Crippen molar-refractivity contribution in [3.63, 3.8) is 0 Å². The van der Waals surface area contributed by atoms with E-state index in [9.17, 15) is 19.2 Å². The second kappa shape index (κ2) is 9.86. The second-order valence-electron chi connectivity index (χ2n) is 5.92. The van der Waals surface area contributed by atoms with E-state index in [1.807, 2.05) is 0 Å². The summed E-state index contributed by atoms with van der Waals surface area (Å²) >= 11 is 0. The van der Waals surface area contributed by atoms with Crippen molar-refractivity contribution in [1.29, 1.82) is 0 Å². The van der Waals surface area contributed by atoms with Crippen LogP contribution in [0.5, 0.6) is 0 Å². The molecular formula is C20H22N4O4. The van der Waals surface area contributed by atoms with Gasteiger partial charge in [-0.15, -0.1) is 0 Å². The van der Waals surface area contributed by atoms with Gasteiger partial charge in [0.25, 0.3) is 11.8 Å². The average molecular weight is 382 g/mol. The summed E-state index contributed by atoms with van der Waals surface area (Å²) in [7, 11) is 3.05. The smallest absolute Gasteiger partial charge is 0.251 e. The molecule has 2 aromatic carbocycles. The minimum Gasteiger partial charge on any atom is -0.355 e. The van der Waals surface area contributed by atoms with Crippen LogP contribution >= 0.6 is 0 Å². The highest BCUT2D eigenvalue weighted by molar-refractivity contribution is 6.00. The number of benzene rings is 2. The molecule has 0 aliphatic carbocycles.